The highest BCUT2D eigenvalue weighted by Gasteiger charge is 2.26. The first-order chi connectivity index (χ1) is 22.4. The highest BCUT2D eigenvalue weighted by Crippen LogP contribution is 2.45. The zero-order valence-corrected chi connectivity index (χ0v) is 26.5. The lowest BCUT2D eigenvalue weighted by molar-refractivity contribution is -0.125. The summed E-state index contributed by atoms with van der Waals surface area (Å²) in [6, 6.07) is 12.8. The van der Waals surface area contributed by atoms with Gasteiger partial charge in [0.2, 0.25) is 5.91 Å². The Morgan fingerprint density at radius 1 is 1.22 bits per heavy atom. The van der Waals surface area contributed by atoms with Gasteiger partial charge in [0.15, 0.2) is 0 Å². The zero-order chi connectivity index (χ0) is 32.2. The van der Waals surface area contributed by atoms with Gasteiger partial charge < -0.3 is 30.2 Å². The number of hydrogen-bond acceptors (Lipinski definition) is 8. The van der Waals surface area contributed by atoms with Crippen molar-refractivity contribution in [1.82, 2.24) is 15.2 Å². The summed E-state index contributed by atoms with van der Waals surface area (Å²) in [5, 5.41) is 25.1. The fourth-order valence-electron chi connectivity index (χ4n) is 6.26. The van der Waals surface area contributed by atoms with Crippen LogP contribution in [0.4, 0.5) is 4.39 Å². The van der Waals surface area contributed by atoms with Gasteiger partial charge in [0.25, 0.3) is 0 Å². The number of likely N-dealkylation sites (tertiary alicyclic amines) is 1. The lowest BCUT2D eigenvalue weighted by atomic mass is 9.87. The molecule has 10 heteroatoms. The second-order valence-electron chi connectivity index (χ2n) is 11.6. The molecule has 1 amide bonds. The van der Waals surface area contributed by atoms with E-state index in [1.54, 1.807) is 35.6 Å². The van der Waals surface area contributed by atoms with Gasteiger partial charge in [0, 0.05) is 77.1 Å². The molecule has 0 radical (unpaired) electrons. The largest absolute Gasteiger partial charge is 0.490 e. The third-order valence-corrected chi connectivity index (χ3v) is 9.56. The number of carbonyl (C=O) groups is 1. The first-order valence-electron chi connectivity index (χ1n) is 15.4. The van der Waals surface area contributed by atoms with Crippen LogP contribution in [0.15, 0.2) is 66.7 Å². The third kappa shape index (κ3) is 6.46. The lowest BCUT2D eigenvalue weighted by Crippen LogP contribution is -2.32. The first kappa shape index (κ1) is 31.6. The zero-order valence-electron chi connectivity index (χ0n) is 25.7. The Labute approximate surface area is 271 Å². The van der Waals surface area contributed by atoms with Crippen molar-refractivity contribution in [2.75, 3.05) is 33.4 Å². The average Bonchev–Trinajstić information content (AvgIpc) is 3.75. The highest BCUT2D eigenvalue weighted by atomic mass is 32.1. The molecule has 2 aromatic heterocycles. The number of aliphatic hydroxyl groups excluding tert-OH is 1. The molecule has 2 aliphatic rings. The van der Waals surface area contributed by atoms with Crippen LogP contribution in [-0.2, 0) is 22.4 Å². The molecule has 2 unspecified atom stereocenters. The van der Waals surface area contributed by atoms with Gasteiger partial charge in [0.1, 0.15) is 18.2 Å². The molecular formula is C36H37FN4O4S. The van der Waals surface area contributed by atoms with Crippen LogP contribution in [0.1, 0.15) is 29.7 Å². The van der Waals surface area contributed by atoms with Crippen LogP contribution in [0.3, 0.4) is 0 Å². The third-order valence-electron chi connectivity index (χ3n) is 8.63. The van der Waals surface area contributed by atoms with Gasteiger partial charge in [-0.2, -0.15) is 0 Å². The van der Waals surface area contributed by atoms with E-state index in [1.165, 1.54) is 30.0 Å². The minimum atomic E-state index is -0.423. The molecule has 1 saturated heterocycles. The summed E-state index contributed by atoms with van der Waals surface area (Å²) in [6.45, 7) is 5.33. The van der Waals surface area contributed by atoms with Crippen molar-refractivity contribution in [2.45, 2.75) is 37.8 Å². The van der Waals surface area contributed by atoms with Crippen LogP contribution < -0.4 is 10.1 Å². The van der Waals surface area contributed by atoms with Crippen molar-refractivity contribution in [1.29, 1.82) is 5.41 Å². The smallest absolute Gasteiger partial charge is 0.246 e. The number of halogens is 1. The number of ether oxygens (including phenoxy) is 2. The van der Waals surface area contributed by atoms with Gasteiger partial charge in [-0.05, 0) is 72.5 Å². The number of fused-ring (bicyclic) bond motifs is 2. The fourth-order valence-corrected chi connectivity index (χ4v) is 7.21. The Balaban J connectivity index is 1.50. The maximum absolute atomic E-state index is 14.6. The van der Waals surface area contributed by atoms with Crippen LogP contribution in [0, 0.1) is 11.2 Å². The van der Waals surface area contributed by atoms with Crippen LogP contribution in [0.5, 0.6) is 5.75 Å². The number of hydrogen-bond donors (Lipinski definition) is 3. The number of aromatic nitrogens is 1. The predicted octanol–water partition coefficient (Wildman–Crippen LogP) is 6.01. The number of nitrogens with zero attached hydrogens (tertiary/aromatic N) is 2. The molecule has 2 aromatic carbocycles. The number of pyridine rings is 1. The number of carbonyl (C=O) groups excluding carboxylic acids is 1. The van der Waals surface area contributed by atoms with E-state index in [-0.39, 0.29) is 24.7 Å². The Bertz CT molecular complexity index is 1820. The molecule has 1 aliphatic carbocycles. The Hall–Kier alpha value is -4.38. The summed E-state index contributed by atoms with van der Waals surface area (Å²) in [6.07, 6.45) is 6.98. The maximum Gasteiger partial charge on any atom is 0.246 e. The van der Waals surface area contributed by atoms with Crippen LogP contribution in [0.25, 0.3) is 38.0 Å². The van der Waals surface area contributed by atoms with Gasteiger partial charge in [0.05, 0.1) is 24.1 Å². The number of aryl methyl sites for hydroxylation is 1. The van der Waals surface area contributed by atoms with Crippen molar-refractivity contribution in [3.63, 3.8) is 0 Å². The summed E-state index contributed by atoms with van der Waals surface area (Å²) in [5.41, 5.74) is 6.58. The lowest BCUT2D eigenvalue weighted by Gasteiger charge is -2.22. The number of nitrogens with one attached hydrogen (secondary N) is 2. The van der Waals surface area contributed by atoms with Crippen LogP contribution >= 0.6 is 11.3 Å². The first-order valence-corrected chi connectivity index (χ1v) is 16.3. The molecule has 8 nitrogen and oxygen atoms in total. The molecule has 0 bridgehead atoms. The Morgan fingerprint density at radius 3 is 2.89 bits per heavy atom. The molecule has 6 rings (SSSR count). The van der Waals surface area contributed by atoms with Gasteiger partial charge in [-0.25, -0.2) is 9.37 Å². The monoisotopic (exact) mass is 640 g/mol. The van der Waals surface area contributed by atoms with Gasteiger partial charge >= 0.3 is 0 Å². The summed E-state index contributed by atoms with van der Waals surface area (Å²) in [7, 11) is 1.58. The van der Waals surface area contributed by atoms with E-state index in [4.69, 9.17) is 19.9 Å². The van der Waals surface area contributed by atoms with E-state index in [2.05, 4.69) is 24.0 Å². The number of benzene rings is 2. The molecule has 3 N–H and O–H groups in total. The van der Waals surface area contributed by atoms with E-state index in [9.17, 15) is 14.3 Å². The van der Waals surface area contributed by atoms with Crippen molar-refractivity contribution in [3.8, 4) is 28.1 Å². The molecule has 0 spiro atoms. The number of amides is 1. The van der Waals surface area contributed by atoms with Gasteiger partial charge in [-0.1, -0.05) is 18.7 Å². The maximum atomic E-state index is 14.6. The molecular weight excluding hydrogens is 603 g/mol. The fraction of sp³-hybridized carbons (Fsp3) is 0.306. The minimum Gasteiger partial charge on any atom is -0.490 e. The van der Waals surface area contributed by atoms with E-state index in [0.717, 1.165) is 51.7 Å². The van der Waals surface area contributed by atoms with E-state index in [1.807, 2.05) is 17.5 Å². The number of aliphatic hydroxyl groups is 1. The highest BCUT2D eigenvalue weighted by molar-refractivity contribution is 7.18. The number of methoxy groups -OCH3 is 1. The van der Waals surface area contributed by atoms with E-state index < -0.39 is 5.82 Å². The molecule has 238 valence electrons. The van der Waals surface area contributed by atoms with E-state index in [0.29, 0.717) is 48.7 Å². The van der Waals surface area contributed by atoms with Crippen LogP contribution in [0.2, 0.25) is 0 Å². The van der Waals surface area contributed by atoms with Crippen molar-refractivity contribution in [2.24, 2.45) is 0 Å². The second-order valence-corrected chi connectivity index (χ2v) is 12.5. The van der Waals surface area contributed by atoms with Gasteiger partial charge in [-0.15, -0.1) is 11.3 Å². The predicted molar refractivity (Wildman–Crippen MR) is 181 cm³/mol. The SMILES string of the molecule is C=CC(=O)N1CCC(N/C=C(\C=N)c2nc(-c3ccc4c(c3)CCC(O)C4)c3ccsc3c2-c2ccc(F)cc2OCCOC)C1. The van der Waals surface area contributed by atoms with Gasteiger partial charge in [-0.3, -0.25) is 4.79 Å². The standard InChI is InChI=1S/C36H37FN4O4S/c1-3-32(43)41-12-10-27(21-41)39-20-25(19-38)35-33(29-9-7-26(37)18-31(29)45-14-13-44-2)36-30(11-15-46-36)34(40-35)24-5-4-23-17-28(42)8-6-22(23)16-24/h3-5,7,9,11,15-16,18-20,27-28,38-39,42H,1,6,8,10,12-14,17,21H2,2H3/b25-20+,38-19?. The summed E-state index contributed by atoms with van der Waals surface area (Å²) < 4.78 is 26.7. The Morgan fingerprint density at radius 2 is 2.09 bits per heavy atom. The molecule has 2 atom stereocenters. The topological polar surface area (TPSA) is 108 Å². The molecule has 46 heavy (non-hydrogen) atoms. The number of allylic oxidation sites excluding steroid dienone is 1. The summed E-state index contributed by atoms with van der Waals surface area (Å²) in [5.74, 6) is -0.163. The van der Waals surface area contributed by atoms with Crippen molar-refractivity contribution in [3.05, 3.63) is 89.3 Å². The normalized spacial score (nSPS) is 18.0. The second kappa shape index (κ2) is 13.9. The Kier molecular flexibility index (Phi) is 9.58. The molecule has 3 heterocycles. The molecule has 1 fully saturated rings. The average molecular weight is 641 g/mol. The molecule has 0 saturated carbocycles. The van der Waals surface area contributed by atoms with Crippen molar-refractivity contribution < 1.29 is 23.8 Å². The minimum absolute atomic E-state index is 0.00185. The van der Waals surface area contributed by atoms with Crippen molar-refractivity contribution >= 4 is 39.1 Å². The summed E-state index contributed by atoms with van der Waals surface area (Å²) in [4.78, 5) is 19.2. The number of thiophene rings is 1. The van der Waals surface area contributed by atoms with E-state index >= 15 is 0 Å². The molecule has 1 aliphatic heterocycles. The summed E-state index contributed by atoms with van der Waals surface area (Å²) >= 11 is 1.56. The van der Waals surface area contributed by atoms with Crippen LogP contribution in [-0.4, -0.2) is 72.7 Å². The quantitative estimate of drug-likeness (QED) is 0.105. The number of rotatable bonds is 11. The molecule has 4 aromatic rings.